The van der Waals surface area contributed by atoms with Crippen molar-refractivity contribution in [3.63, 3.8) is 0 Å². The Morgan fingerprint density at radius 1 is 0.640 bits per heavy atom. The summed E-state index contributed by atoms with van der Waals surface area (Å²) >= 11 is 12.7. The first-order chi connectivity index (χ1) is 42.1. The largest absolute Gasteiger partial charge is 0.447 e. The molecule has 2 saturated carbocycles. The van der Waals surface area contributed by atoms with Gasteiger partial charge in [-0.3, -0.25) is 0 Å². The number of alkyl halides is 1. The fourth-order valence-corrected chi connectivity index (χ4v) is 15.3. The number of aromatic amines is 1. The number of hydrogen-bond donors (Lipinski definition) is 7. The zero-order valence-corrected chi connectivity index (χ0v) is 60.6. The van der Waals surface area contributed by atoms with Gasteiger partial charge in [0.25, 0.3) is 0 Å². The Morgan fingerprint density at radius 3 is 1.47 bits per heavy atom. The maximum Gasteiger partial charge on any atom is 0.407 e. The average Bonchev–Trinajstić information content (AvgIpc) is 1.95. The van der Waals surface area contributed by atoms with E-state index >= 15 is 0 Å². The molecule has 22 nitrogen and oxygen atoms in total. The van der Waals surface area contributed by atoms with Gasteiger partial charge < -0.3 is 45.3 Å². The number of ether oxygens (including phenoxy) is 2. The lowest BCUT2D eigenvalue weighted by atomic mass is 9.86. The Hall–Kier alpha value is -5.27. The van der Waals surface area contributed by atoms with Gasteiger partial charge in [-0.1, -0.05) is 55.8 Å². The van der Waals surface area contributed by atoms with Crippen molar-refractivity contribution in [2.75, 3.05) is 24.1 Å². The van der Waals surface area contributed by atoms with E-state index in [0.717, 1.165) is 80.6 Å². The number of nitrogen functional groups attached to an aromatic ring is 1. The summed E-state index contributed by atoms with van der Waals surface area (Å²) in [6, 6.07) is 11.2. The van der Waals surface area contributed by atoms with Gasteiger partial charge in [0.2, 0.25) is 26.0 Å². The summed E-state index contributed by atoms with van der Waals surface area (Å²) in [5.74, 6) is 1.21. The second-order valence-corrected chi connectivity index (χ2v) is 31.2. The van der Waals surface area contributed by atoms with E-state index in [4.69, 9.17) is 15.2 Å². The van der Waals surface area contributed by atoms with Crippen LogP contribution >= 0.6 is 70.5 Å². The third-order valence-electron chi connectivity index (χ3n) is 13.4. The van der Waals surface area contributed by atoms with Crippen molar-refractivity contribution in [3.05, 3.63) is 105 Å². The number of nitrogens with two attached hydrogens (primary N) is 1. The number of hydrogen-bond acceptors (Lipinski definition) is 17. The van der Waals surface area contributed by atoms with Gasteiger partial charge in [0.1, 0.15) is 0 Å². The number of thiazole rings is 2. The molecule has 0 bridgehead atoms. The zero-order valence-electron chi connectivity index (χ0n) is 52.6. The Labute approximate surface area is 558 Å². The molecule has 2 aliphatic carbocycles. The van der Waals surface area contributed by atoms with Crippen LogP contribution in [0, 0.1) is 0 Å². The van der Waals surface area contributed by atoms with Gasteiger partial charge in [-0.15, -0.1) is 22.7 Å². The van der Waals surface area contributed by atoms with E-state index in [9.17, 15) is 26.4 Å². The summed E-state index contributed by atoms with van der Waals surface area (Å²) in [6.07, 6.45) is 20.3. The van der Waals surface area contributed by atoms with Crippen LogP contribution in [0.3, 0.4) is 0 Å². The number of rotatable bonds is 18. The number of aromatic nitrogens is 8. The lowest BCUT2D eigenvalue weighted by molar-refractivity contribution is 0.108. The molecule has 0 atom stereocenters. The van der Waals surface area contributed by atoms with Crippen LogP contribution in [0.2, 0.25) is 0 Å². The molecule has 7 aromatic rings. The Kier molecular flexibility index (Phi) is 30.2. The van der Waals surface area contributed by atoms with Gasteiger partial charge in [-0.05, 0) is 163 Å². The van der Waals surface area contributed by atoms with Crippen molar-refractivity contribution in [2.24, 2.45) is 0 Å². The molecule has 2 fully saturated rings. The van der Waals surface area contributed by atoms with E-state index < -0.39 is 20.0 Å². The topological polar surface area (TPSA) is 297 Å². The Bertz CT molecular complexity index is 3500. The molecule has 2 aliphatic rings. The molecular formula is C60H87Br3N14O8S4. The second-order valence-electron chi connectivity index (χ2n) is 22.4. The highest BCUT2D eigenvalue weighted by atomic mass is 79.9. The third kappa shape index (κ3) is 24.1. The average molecular weight is 1500 g/mol. The van der Waals surface area contributed by atoms with Gasteiger partial charge in [-0.2, -0.15) is 0 Å². The number of carbonyl (C=O) groups excluding carboxylic acids is 2. The summed E-state index contributed by atoms with van der Waals surface area (Å²) < 4.78 is 73.0. The van der Waals surface area contributed by atoms with Crippen LogP contribution in [0.1, 0.15) is 168 Å². The second kappa shape index (κ2) is 36.1. The first-order valence-electron chi connectivity index (χ1n) is 29.8. The lowest BCUT2D eigenvalue weighted by Gasteiger charge is -2.28. The van der Waals surface area contributed by atoms with Gasteiger partial charge in [0, 0.05) is 126 Å². The monoisotopic (exact) mass is 1500 g/mol. The normalized spacial score (nSPS) is 16.7. The Morgan fingerprint density at radius 2 is 1.09 bits per heavy atom. The molecule has 2 aromatic carbocycles. The van der Waals surface area contributed by atoms with E-state index in [-0.39, 0.29) is 64.8 Å². The minimum absolute atomic E-state index is 0.0927. The van der Waals surface area contributed by atoms with Crippen LogP contribution in [0.4, 0.5) is 26.9 Å². The molecule has 490 valence electrons. The van der Waals surface area contributed by atoms with Crippen LogP contribution in [0.25, 0.3) is 20.9 Å². The molecule has 2 amide bonds. The highest BCUT2D eigenvalue weighted by Crippen LogP contribution is 2.42. The lowest BCUT2D eigenvalue weighted by Crippen LogP contribution is -2.38. The van der Waals surface area contributed by atoms with Gasteiger partial charge in [-0.25, -0.2) is 60.8 Å². The number of sulfonamides is 2. The summed E-state index contributed by atoms with van der Waals surface area (Å²) in [7, 11) is -7.41. The van der Waals surface area contributed by atoms with Crippen LogP contribution < -0.4 is 31.1 Å². The van der Waals surface area contributed by atoms with Crippen molar-refractivity contribution in [1.29, 1.82) is 0 Å². The van der Waals surface area contributed by atoms with Crippen LogP contribution in [-0.2, 0) is 29.5 Å². The molecule has 0 radical (unpaired) electrons. The number of benzene rings is 2. The van der Waals surface area contributed by atoms with Crippen LogP contribution in [0.15, 0.2) is 105 Å². The predicted octanol–water partition coefficient (Wildman–Crippen LogP) is 14.8. The number of nitrogens with one attached hydrogen (secondary N) is 6. The summed E-state index contributed by atoms with van der Waals surface area (Å²) in [5.41, 5.74) is 8.10. The predicted molar refractivity (Wildman–Crippen MR) is 367 cm³/mol. The fourth-order valence-electron chi connectivity index (χ4n) is 9.41. The van der Waals surface area contributed by atoms with Gasteiger partial charge in [0.15, 0.2) is 9.47 Å². The van der Waals surface area contributed by atoms with Gasteiger partial charge >= 0.3 is 12.2 Å². The summed E-state index contributed by atoms with van der Waals surface area (Å²) in [4.78, 5) is 50.6. The van der Waals surface area contributed by atoms with Crippen molar-refractivity contribution < 1.29 is 35.9 Å². The molecule has 0 spiro atoms. The summed E-state index contributed by atoms with van der Waals surface area (Å²) in [6.45, 7) is 23.9. The zero-order chi connectivity index (χ0) is 65.6. The molecule has 5 aromatic heterocycles. The minimum Gasteiger partial charge on any atom is -0.447 e. The molecule has 9 rings (SSSR count). The first kappa shape index (κ1) is 74.5. The number of carbonyl (C=O) groups is 2. The number of anilines is 3. The molecule has 29 heteroatoms. The number of imidazole rings is 3. The molecule has 0 unspecified atom stereocenters. The van der Waals surface area contributed by atoms with Crippen molar-refractivity contribution in [3.8, 4) is 20.9 Å². The fraction of sp³-hybridized carbons (Fsp3) is 0.517. The number of alkyl carbamates (subject to hydrolysis) is 2. The van der Waals surface area contributed by atoms with Crippen molar-refractivity contribution >= 4 is 120 Å². The smallest absolute Gasteiger partial charge is 0.407 e. The molecule has 5 heterocycles. The minimum atomic E-state index is -3.75. The quantitative estimate of drug-likeness (QED) is 0.0310. The van der Waals surface area contributed by atoms with E-state index in [1.807, 2.05) is 56.8 Å². The maximum atomic E-state index is 13.2. The number of nitrogens with zero attached hydrogens (tertiary/aromatic N) is 7. The third-order valence-corrected chi connectivity index (χ3v) is 20.0. The van der Waals surface area contributed by atoms with Crippen LogP contribution in [0.5, 0.6) is 0 Å². The summed E-state index contributed by atoms with van der Waals surface area (Å²) in [5, 5.41) is 11.1. The van der Waals surface area contributed by atoms with Gasteiger partial charge in [0.05, 0.1) is 41.8 Å². The van der Waals surface area contributed by atoms with E-state index in [0.29, 0.717) is 51.8 Å². The standard InChI is InChI=1S/C27H38N6O4S2.C21H30N4O4S2.C6H9BrN2.C3H3BrN2.C3H7Br/c1-6-30-39(35,36)24-15-21(31-26-28-13-14-33(26)17(2)3)11-12-22(24)23-16-29-25(38-23)19-7-9-20(10-8-19)32-27(34)37-18(4)5;1-4-24-31(27,28)19-11-15(22)7-10-17(19)18-12-23-20(30-18)14-5-8-16(9-6-14)25-21(26)29-13(2)3;1-5(2)9-4-3-8-6(9)7;4-3-5-1-2-6-3;1-3(2)4/h11-20,30H,6-10H2,1-5H3,(H,28,31)(H,32,34);7,10-14,16,24H,4-6,8-9,22H2,1-3H3,(H,25,26);3-5H,1-2H3;1-2H,(H,5,6);3H,1-2H3. The van der Waals surface area contributed by atoms with Crippen LogP contribution in [-0.4, -0.2) is 110 Å². The molecule has 8 N–H and O–H groups in total. The van der Waals surface area contributed by atoms with E-state index in [2.05, 4.69) is 149 Å². The van der Waals surface area contributed by atoms with Crippen molar-refractivity contribution in [1.82, 2.24) is 59.1 Å². The highest BCUT2D eigenvalue weighted by Gasteiger charge is 2.30. The number of H-pyrrole nitrogens is 1. The number of amides is 2. The molecule has 89 heavy (non-hydrogen) atoms. The van der Waals surface area contributed by atoms with Crippen molar-refractivity contribution in [2.45, 2.75) is 197 Å². The van der Waals surface area contributed by atoms with E-state index in [1.54, 1.807) is 69.2 Å². The molecule has 0 saturated heterocycles. The van der Waals surface area contributed by atoms with E-state index in [1.165, 1.54) is 28.7 Å². The molecular weight excluding hydrogens is 1410 g/mol. The number of halogens is 3. The maximum absolute atomic E-state index is 13.2. The SMILES string of the molecule is Brc1ncc[nH]1.CC(C)Br.CC(C)n1ccnc1Br.CCNS(=O)(=O)c1cc(N)ccc1-c1cnc(C2CCC(NC(=O)OC(C)C)CC2)s1.CCNS(=O)(=O)c1cc(Nc2nccn2C(C)C)ccc1-c1cnc(C2CCC(NC(=O)OC(C)C)CC2)s1. The highest BCUT2D eigenvalue weighted by molar-refractivity contribution is 9.10. The first-order valence-corrected chi connectivity index (χ1v) is 36.9. The Balaban J connectivity index is 0.000000253. The molecule has 0 aliphatic heterocycles.